The zero-order chi connectivity index (χ0) is 25.6. The van der Waals surface area contributed by atoms with Crippen LogP contribution >= 0.6 is 27.3 Å². The second-order valence-corrected chi connectivity index (χ2v) is 10.8. The van der Waals surface area contributed by atoms with E-state index in [1.54, 1.807) is 24.3 Å². The fourth-order valence-corrected chi connectivity index (χ4v) is 6.27. The third-order valence-corrected chi connectivity index (χ3v) is 8.22. The maximum atomic E-state index is 14.0. The Morgan fingerprint density at radius 3 is 2.64 bits per heavy atom. The van der Waals surface area contributed by atoms with Crippen molar-refractivity contribution in [1.29, 1.82) is 0 Å². The lowest BCUT2D eigenvalue weighted by atomic mass is 9.95. The van der Waals surface area contributed by atoms with E-state index in [-0.39, 0.29) is 17.9 Å². The standard InChI is InChI=1S/C24H22BrF3N4O3S/c1-35-23(34)20-14-4-2-3-5-17(14)36-22(20)30-21(33)16-11-19-29-15(12-6-8-13(25)9-7-12)10-18(24(26,27)28)32(19)31-16/h6-9,11,15,18,29H,2-5,10H2,1H3,(H,30,33)/t15-,18+/m0/s1. The molecule has 1 aromatic carbocycles. The summed E-state index contributed by atoms with van der Waals surface area (Å²) in [5, 5.41) is 10.1. The summed E-state index contributed by atoms with van der Waals surface area (Å²) in [7, 11) is 1.27. The summed E-state index contributed by atoms with van der Waals surface area (Å²) in [6.07, 6.45) is -1.41. The first-order valence-electron chi connectivity index (χ1n) is 11.4. The van der Waals surface area contributed by atoms with Gasteiger partial charge in [0.1, 0.15) is 10.8 Å². The predicted molar refractivity (Wildman–Crippen MR) is 133 cm³/mol. The van der Waals surface area contributed by atoms with Gasteiger partial charge in [-0.1, -0.05) is 28.1 Å². The normalized spacial score (nSPS) is 19.1. The number of thiophene rings is 1. The van der Waals surface area contributed by atoms with E-state index in [0.29, 0.717) is 22.5 Å². The fraction of sp³-hybridized carbons (Fsp3) is 0.375. The maximum Gasteiger partial charge on any atom is 0.410 e. The van der Waals surface area contributed by atoms with Crippen LogP contribution in [0.3, 0.4) is 0 Å². The second kappa shape index (κ2) is 9.55. The highest BCUT2D eigenvalue weighted by Gasteiger charge is 2.47. The van der Waals surface area contributed by atoms with Crippen LogP contribution < -0.4 is 10.6 Å². The second-order valence-electron chi connectivity index (χ2n) is 8.76. The van der Waals surface area contributed by atoms with Crippen molar-refractivity contribution >= 4 is 50.0 Å². The lowest BCUT2D eigenvalue weighted by Gasteiger charge is -2.33. The van der Waals surface area contributed by atoms with Crippen LogP contribution in [-0.4, -0.2) is 34.9 Å². The Hall–Kier alpha value is -2.86. The Morgan fingerprint density at radius 2 is 1.94 bits per heavy atom. The number of amides is 1. The molecule has 5 rings (SSSR count). The number of aromatic nitrogens is 2. The Kier molecular flexibility index (Phi) is 6.58. The molecule has 0 saturated carbocycles. The number of nitrogens with one attached hydrogen (secondary N) is 2. The number of aryl methyl sites for hydroxylation is 1. The molecule has 3 aromatic rings. The quantitative estimate of drug-likeness (QED) is 0.353. The third-order valence-electron chi connectivity index (χ3n) is 6.48. The topological polar surface area (TPSA) is 85.2 Å². The molecule has 2 N–H and O–H groups in total. The van der Waals surface area contributed by atoms with Crippen LogP contribution in [0.1, 0.15) is 68.2 Å². The van der Waals surface area contributed by atoms with Gasteiger partial charge in [-0.15, -0.1) is 11.3 Å². The van der Waals surface area contributed by atoms with E-state index in [2.05, 4.69) is 31.7 Å². The van der Waals surface area contributed by atoms with E-state index in [1.165, 1.54) is 24.5 Å². The minimum atomic E-state index is -4.56. The highest BCUT2D eigenvalue weighted by Crippen LogP contribution is 2.44. The van der Waals surface area contributed by atoms with Crippen molar-refractivity contribution in [3.63, 3.8) is 0 Å². The number of esters is 1. The summed E-state index contributed by atoms with van der Waals surface area (Å²) in [5.74, 6) is -1.14. The van der Waals surface area contributed by atoms with Crippen molar-refractivity contribution in [2.24, 2.45) is 0 Å². The van der Waals surface area contributed by atoms with Gasteiger partial charge in [0.15, 0.2) is 11.7 Å². The smallest absolute Gasteiger partial charge is 0.410 e. The van der Waals surface area contributed by atoms with E-state index >= 15 is 0 Å². The van der Waals surface area contributed by atoms with Gasteiger partial charge in [-0.2, -0.15) is 18.3 Å². The Labute approximate surface area is 217 Å². The number of benzene rings is 1. The molecule has 2 atom stereocenters. The van der Waals surface area contributed by atoms with Crippen LogP contribution in [-0.2, 0) is 17.6 Å². The zero-order valence-corrected chi connectivity index (χ0v) is 21.5. The van der Waals surface area contributed by atoms with Crippen LogP contribution in [0, 0.1) is 0 Å². The summed E-state index contributed by atoms with van der Waals surface area (Å²) in [6, 6.07) is 5.84. The number of hydrogen-bond donors (Lipinski definition) is 2. The van der Waals surface area contributed by atoms with Gasteiger partial charge in [-0.25, -0.2) is 9.48 Å². The number of rotatable bonds is 4. The molecule has 12 heteroatoms. The van der Waals surface area contributed by atoms with E-state index in [9.17, 15) is 22.8 Å². The van der Waals surface area contributed by atoms with Gasteiger partial charge in [0.25, 0.3) is 5.91 Å². The molecule has 1 amide bonds. The molecule has 0 bridgehead atoms. The van der Waals surface area contributed by atoms with Crippen LogP contribution in [0.5, 0.6) is 0 Å². The SMILES string of the molecule is COC(=O)c1c(NC(=O)c2cc3n(n2)[C@@H](C(F)(F)F)C[C@@H](c2ccc(Br)cc2)N3)sc2c1CCCC2. The molecule has 0 radical (unpaired) electrons. The van der Waals surface area contributed by atoms with Gasteiger partial charge in [0.05, 0.1) is 18.7 Å². The number of anilines is 2. The summed E-state index contributed by atoms with van der Waals surface area (Å²) >= 11 is 4.64. The molecule has 0 unspecified atom stereocenters. The summed E-state index contributed by atoms with van der Waals surface area (Å²) in [6.45, 7) is 0. The Balaban J connectivity index is 1.46. The van der Waals surface area contributed by atoms with Gasteiger partial charge in [-0.05, 0) is 48.9 Å². The number of nitrogens with zero attached hydrogens (tertiary/aromatic N) is 2. The zero-order valence-electron chi connectivity index (χ0n) is 19.1. The predicted octanol–water partition coefficient (Wildman–Crippen LogP) is 6.29. The summed E-state index contributed by atoms with van der Waals surface area (Å²) in [5.41, 5.74) is 1.70. The van der Waals surface area contributed by atoms with Crippen molar-refractivity contribution in [2.75, 3.05) is 17.7 Å². The number of methoxy groups -OCH3 is 1. The summed E-state index contributed by atoms with van der Waals surface area (Å²) < 4.78 is 48.6. The van der Waals surface area contributed by atoms with Crippen molar-refractivity contribution in [2.45, 2.75) is 50.4 Å². The largest absolute Gasteiger partial charge is 0.465 e. The van der Waals surface area contributed by atoms with Crippen LogP contribution in [0.4, 0.5) is 24.0 Å². The van der Waals surface area contributed by atoms with E-state index in [1.807, 2.05) is 0 Å². The lowest BCUT2D eigenvalue weighted by molar-refractivity contribution is -0.173. The van der Waals surface area contributed by atoms with Crippen molar-refractivity contribution in [3.8, 4) is 0 Å². The monoisotopic (exact) mass is 582 g/mol. The van der Waals surface area contributed by atoms with Crippen molar-refractivity contribution in [3.05, 3.63) is 62.1 Å². The molecule has 1 aliphatic heterocycles. The number of carbonyl (C=O) groups excluding carboxylic acids is 2. The lowest BCUT2D eigenvalue weighted by Crippen LogP contribution is -2.35. The summed E-state index contributed by atoms with van der Waals surface area (Å²) in [4.78, 5) is 26.6. The number of carbonyl (C=O) groups is 2. The van der Waals surface area contributed by atoms with E-state index < -0.39 is 30.1 Å². The van der Waals surface area contributed by atoms with Crippen LogP contribution in [0.25, 0.3) is 0 Å². The Bertz CT molecular complexity index is 1320. The Morgan fingerprint density at radius 1 is 1.22 bits per heavy atom. The van der Waals surface area contributed by atoms with Gasteiger partial charge < -0.3 is 15.4 Å². The van der Waals surface area contributed by atoms with Gasteiger partial charge in [-0.3, -0.25) is 4.79 Å². The number of fused-ring (bicyclic) bond motifs is 2. The fourth-order valence-electron chi connectivity index (χ4n) is 4.74. The first kappa shape index (κ1) is 24.8. The van der Waals surface area contributed by atoms with Crippen LogP contribution in [0.2, 0.25) is 0 Å². The van der Waals surface area contributed by atoms with E-state index in [0.717, 1.165) is 38.9 Å². The average Bonchev–Trinajstić information content (AvgIpc) is 3.44. The molecule has 7 nitrogen and oxygen atoms in total. The number of ether oxygens (including phenoxy) is 1. The molecular weight excluding hydrogens is 561 g/mol. The number of alkyl halides is 3. The van der Waals surface area contributed by atoms with Crippen molar-refractivity contribution in [1.82, 2.24) is 9.78 Å². The third kappa shape index (κ3) is 4.63. The van der Waals surface area contributed by atoms with Crippen molar-refractivity contribution < 1.29 is 27.5 Å². The van der Waals surface area contributed by atoms with Gasteiger partial charge in [0, 0.05) is 21.8 Å². The van der Waals surface area contributed by atoms with Gasteiger partial charge >= 0.3 is 12.1 Å². The molecule has 0 spiro atoms. The molecule has 3 heterocycles. The average molecular weight is 583 g/mol. The highest BCUT2D eigenvalue weighted by molar-refractivity contribution is 9.10. The minimum absolute atomic E-state index is 0.0975. The highest BCUT2D eigenvalue weighted by atomic mass is 79.9. The molecule has 0 fully saturated rings. The van der Waals surface area contributed by atoms with Gasteiger partial charge in [0.2, 0.25) is 0 Å². The maximum absolute atomic E-state index is 14.0. The molecule has 2 aliphatic rings. The molecule has 36 heavy (non-hydrogen) atoms. The molecule has 1 aliphatic carbocycles. The van der Waals surface area contributed by atoms with Crippen LogP contribution in [0.15, 0.2) is 34.8 Å². The first-order valence-corrected chi connectivity index (χ1v) is 13.0. The number of halogens is 4. The number of hydrogen-bond acceptors (Lipinski definition) is 6. The molecule has 0 saturated heterocycles. The molecule has 2 aromatic heterocycles. The minimum Gasteiger partial charge on any atom is -0.465 e. The first-order chi connectivity index (χ1) is 17.2. The molecular formula is C24H22BrF3N4O3S. The molecule has 190 valence electrons. The van der Waals surface area contributed by atoms with E-state index in [4.69, 9.17) is 4.74 Å².